The number of para-hydroxylation sites is 1. The summed E-state index contributed by atoms with van der Waals surface area (Å²) in [4.78, 5) is 7.19. The van der Waals surface area contributed by atoms with Gasteiger partial charge in [-0.2, -0.15) is 4.39 Å². The van der Waals surface area contributed by atoms with Crippen LogP contribution in [0.2, 0.25) is 0 Å². The van der Waals surface area contributed by atoms with E-state index in [0.717, 1.165) is 11.9 Å². The third-order valence-electron chi connectivity index (χ3n) is 2.09. The van der Waals surface area contributed by atoms with Gasteiger partial charge >= 0.3 is 0 Å². The molecule has 0 aliphatic carbocycles. The molecule has 2 N–H and O–H groups in total. The molecule has 0 bridgehead atoms. The summed E-state index contributed by atoms with van der Waals surface area (Å²) in [5.74, 6) is -0.00457. The van der Waals surface area contributed by atoms with Gasteiger partial charge in [0.15, 0.2) is 0 Å². The van der Waals surface area contributed by atoms with E-state index in [0.29, 0.717) is 12.4 Å². The van der Waals surface area contributed by atoms with Crippen LogP contribution in [0.3, 0.4) is 0 Å². The number of aromatic hydroxyl groups is 1. The SMILES string of the molecule is Oc1ccccc1CNc1cc(F)ncn1. The second kappa shape index (κ2) is 4.57. The van der Waals surface area contributed by atoms with Crippen LogP contribution >= 0.6 is 0 Å². The van der Waals surface area contributed by atoms with Crippen molar-refractivity contribution in [1.82, 2.24) is 9.97 Å². The largest absolute Gasteiger partial charge is 0.508 e. The second-order valence-corrected chi connectivity index (χ2v) is 3.21. The summed E-state index contributed by atoms with van der Waals surface area (Å²) in [7, 11) is 0. The van der Waals surface area contributed by atoms with Crippen LogP contribution < -0.4 is 5.32 Å². The van der Waals surface area contributed by atoms with Gasteiger partial charge in [-0.3, -0.25) is 0 Å². The van der Waals surface area contributed by atoms with Gasteiger partial charge in [0.1, 0.15) is 17.9 Å². The zero-order valence-electron chi connectivity index (χ0n) is 8.39. The summed E-state index contributed by atoms with van der Waals surface area (Å²) in [5.41, 5.74) is 0.724. The molecule has 16 heavy (non-hydrogen) atoms. The summed E-state index contributed by atoms with van der Waals surface area (Å²) in [5, 5.41) is 12.4. The Balaban J connectivity index is 2.05. The van der Waals surface area contributed by atoms with Crippen molar-refractivity contribution < 1.29 is 9.50 Å². The molecule has 0 spiro atoms. The van der Waals surface area contributed by atoms with E-state index in [4.69, 9.17) is 0 Å². The molecule has 1 heterocycles. The molecule has 0 amide bonds. The predicted molar refractivity (Wildman–Crippen MR) is 57.4 cm³/mol. The molecule has 0 saturated heterocycles. The number of hydrogen-bond donors (Lipinski definition) is 2. The highest BCUT2D eigenvalue weighted by atomic mass is 19.1. The summed E-state index contributed by atoms with van der Waals surface area (Å²) in [6.45, 7) is 0.378. The van der Waals surface area contributed by atoms with Gasteiger partial charge in [0.2, 0.25) is 5.95 Å². The lowest BCUT2D eigenvalue weighted by molar-refractivity contribution is 0.469. The standard InChI is InChI=1S/C11H10FN3O/c12-10-5-11(15-7-14-10)13-6-8-3-1-2-4-9(8)16/h1-5,7,16H,6H2,(H,13,14,15). The maximum absolute atomic E-state index is 12.7. The Morgan fingerprint density at radius 2 is 2.06 bits per heavy atom. The number of hydrogen-bond acceptors (Lipinski definition) is 4. The molecular weight excluding hydrogens is 209 g/mol. The van der Waals surface area contributed by atoms with E-state index in [1.165, 1.54) is 6.07 Å². The Labute approximate surface area is 91.8 Å². The molecule has 0 radical (unpaired) electrons. The molecule has 0 atom stereocenters. The number of benzene rings is 1. The van der Waals surface area contributed by atoms with Gasteiger partial charge in [-0.05, 0) is 6.07 Å². The molecule has 5 heteroatoms. The van der Waals surface area contributed by atoms with E-state index in [2.05, 4.69) is 15.3 Å². The monoisotopic (exact) mass is 219 g/mol. The molecule has 4 nitrogen and oxygen atoms in total. The first-order valence-electron chi connectivity index (χ1n) is 4.74. The highest BCUT2D eigenvalue weighted by molar-refractivity contribution is 5.38. The fraction of sp³-hybridized carbons (Fsp3) is 0.0909. The third-order valence-corrected chi connectivity index (χ3v) is 2.09. The van der Waals surface area contributed by atoms with Crippen molar-refractivity contribution in [1.29, 1.82) is 0 Å². The van der Waals surface area contributed by atoms with E-state index in [-0.39, 0.29) is 5.75 Å². The quantitative estimate of drug-likeness (QED) is 0.774. The lowest BCUT2D eigenvalue weighted by atomic mass is 10.2. The van der Waals surface area contributed by atoms with Gasteiger partial charge in [-0.1, -0.05) is 18.2 Å². The van der Waals surface area contributed by atoms with Crippen molar-refractivity contribution in [3.8, 4) is 5.75 Å². The second-order valence-electron chi connectivity index (χ2n) is 3.21. The van der Waals surface area contributed by atoms with E-state index in [9.17, 15) is 9.50 Å². The zero-order chi connectivity index (χ0) is 11.4. The van der Waals surface area contributed by atoms with Gasteiger partial charge < -0.3 is 10.4 Å². The van der Waals surface area contributed by atoms with Crippen LogP contribution in [0.4, 0.5) is 10.2 Å². The minimum absolute atomic E-state index is 0.199. The lowest BCUT2D eigenvalue weighted by Crippen LogP contribution is -2.02. The Morgan fingerprint density at radius 1 is 1.25 bits per heavy atom. The predicted octanol–water partition coefficient (Wildman–Crippen LogP) is 1.93. The maximum atomic E-state index is 12.7. The van der Waals surface area contributed by atoms with Gasteiger partial charge in [0.25, 0.3) is 0 Å². The fourth-order valence-electron chi connectivity index (χ4n) is 1.28. The molecule has 0 saturated carbocycles. The molecule has 1 aromatic carbocycles. The summed E-state index contributed by atoms with van der Waals surface area (Å²) in [6, 6.07) is 8.12. The molecule has 0 fully saturated rings. The summed E-state index contributed by atoms with van der Waals surface area (Å²) < 4.78 is 12.7. The highest BCUT2D eigenvalue weighted by Gasteiger charge is 2.01. The third kappa shape index (κ3) is 2.44. The van der Waals surface area contributed by atoms with E-state index in [1.807, 2.05) is 6.07 Å². The lowest BCUT2D eigenvalue weighted by Gasteiger charge is -2.06. The Hall–Kier alpha value is -2.17. The van der Waals surface area contributed by atoms with Crippen LogP contribution in [-0.4, -0.2) is 15.1 Å². The molecular formula is C11H10FN3O. The first-order chi connectivity index (χ1) is 7.75. The highest BCUT2D eigenvalue weighted by Crippen LogP contribution is 2.16. The number of halogens is 1. The smallest absolute Gasteiger partial charge is 0.217 e. The Bertz CT molecular complexity index is 490. The van der Waals surface area contributed by atoms with Crippen LogP contribution in [0.25, 0.3) is 0 Å². The normalized spacial score (nSPS) is 10.1. The van der Waals surface area contributed by atoms with E-state index < -0.39 is 5.95 Å². The summed E-state index contributed by atoms with van der Waals surface area (Å²) >= 11 is 0. The molecule has 82 valence electrons. The number of phenolic OH excluding ortho intramolecular Hbond substituents is 1. The van der Waals surface area contributed by atoms with Crippen molar-refractivity contribution in [2.45, 2.75) is 6.54 Å². The van der Waals surface area contributed by atoms with Crippen molar-refractivity contribution in [3.05, 3.63) is 48.2 Å². The van der Waals surface area contributed by atoms with Gasteiger partial charge in [0, 0.05) is 18.2 Å². The molecule has 2 aromatic rings. The average Bonchev–Trinajstić information content (AvgIpc) is 2.28. The van der Waals surface area contributed by atoms with Crippen LogP contribution in [0.1, 0.15) is 5.56 Å². The van der Waals surface area contributed by atoms with Crippen LogP contribution in [-0.2, 0) is 6.54 Å². The summed E-state index contributed by atoms with van der Waals surface area (Å²) in [6.07, 6.45) is 1.14. The molecule has 2 rings (SSSR count). The van der Waals surface area contributed by atoms with Crippen molar-refractivity contribution in [2.75, 3.05) is 5.32 Å². The average molecular weight is 219 g/mol. The first-order valence-corrected chi connectivity index (χ1v) is 4.74. The van der Waals surface area contributed by atoms with E-state index in [1.54, 1.807) is 18.2 Å². The van der Waals surface area contributed by atoms with Gasteiger partial charge in [0.05, 0.1) is 0 Å². The minimum Gasteiger partial charge on any atom is -0.508 e. The van der Waals surface area contributed by atoms with Crippen molar-refractivity contribution in [2.24, 2.45) is 0 Å². The van der Waals surface area contributed by atoms with Crippen LogP contribution in [0.5, 0.6) is 5.75 Å². The fourth-order valence-corrected chi connectivity index (χ4v) is 1.28. The van der Waals surface area contributed by atoms with E-state index >= 15 is 0 Å². The van der Waals surface area contributed by atoms with Gasteiger partial charge in [-0.25, -0.2) is 9.97 Å². The van der Waals surface area contributed by atoms with Crippen molar-refractivity contribution >= 4 is 5.82 Å². The van der Waals surface area contributed by atoms with Crippen LogP contribution in [0, 0.1) is 5.95 Å². The Morgan fingerprint density at radius 3 is 2.81 bits per heavy atom. The maximum Gasteiger partial charge on any atom is 0.217 e. The van der Waals surface area contributed by atoms with Crippen molar-refractivity contribution in [3.63, 3.8) is 0 Å². The number of nitrogens with zero attached hydrogens (tertiary/aromatic N) is 2. The number of aromatic nitrogens is 2. The molecule has 0 aliphatic rings. The number of rotatable bonds is 3. The number of nitrogens with one attached hydrogen (secondary N) is 1. The Kier molecular flexibility index (Phi) is 2.95. The topological polar surface area (TPSA) is 58.0 Å². The number of anilines is 1. The zero-order valence-corrected chi connectivity index (χ0v) is 8.39. The van der Waals surface area contributed by atoms with Crippen LogP contribution in [0.15, 0.2) is 36.7 Å². The molecule has 0 aliphatic heterocycles. The number of phenols is 1. The molecule has 0 unspecified atom stereocenters. The minimum atomic E-state index is -0.588. The first kappa shape index (κ1) is 10.4. The molecule has 1 aromatic heterocycles. The van der Waals surface area contributed by atoms with Gasteiger partial charge in [-0.15, -0.1) is 0 Å².